The summed E-state index contributed by atoms with van der Waals surface area (Å²) in [6, 6.07) is 12.1. The van der Waals surface area contributed by atoms with Gasteiger partial charge in [0.2, 0.25) is 15.9 Å². The highest BCUT2D eigenvalue weighted by Gasteiger charge is 2.35. The molecule has 4 N–H and O–H groups in total. The van der Waals surface area contributed by atoms with Crippen molar-refractivity contribution in [3.8, 4) is 0 Å². The van der Waals surface area contributed by atoms with Crippen LogP contribution in [0.25, 0.3) is 0 Å². The number of nitroso groups, excluding NO2 is 1. The molecule has 260 valence electrons. The summed E-state index contributed by atoms with van der Waals surface area (Å²) in [5.41, 5.74) is 2.05. The Balaban J connectivity index is 1.54. The van der Waals surface area contributed by atoms with Gasteiger partial charge in [-0.25, -0.2) is 18.2 Å². The van der Waals surface area contributed by atoms with Crippen LogP contribution >= 0.6 is 11.3 Å². The molecule has 4 atom stereocenters. The Labute approximate surface area is 285 Å². The summed E-state index contributed by atoms with van der Waals surface area (Å²) in [5, 5.41) is 33.1. The van der Waals surface area contributed by atoms with E-state index in [1.807, 2.05) is 42.6 Å². The number of urea groups is 1. The number of aliphatic hydroxyl groups is 2. The fourth-order valence-electron chi connectivity index (χ4n) is 5.43. The summed E-state index contributed by atoms with van der Waals surface area (Å²) in [4.78, 5) is 43.1. The van der Waals surface area contributed by atoms with Crippen LogP contribution in [0.1, 0.15) is 48.0 Å². The quantitative estimate of drug-likeness (QED) is 0.155. The zero-order chi connectivity index (χ0) is 34.8. The third-order valence-electron chi connectivity index (χ3n) is 8.43. The minimum Gasteiger partial charge on any atom is -0.391 e. The summed E-state index contributed by atoms with van der Waals surface area (Å²) in [5.74, 6) is -0.600. The van der Waals surface area contributed by atoms with Crippen LogP contribution in [0.2, 0.25) is 0 Å². The van der Waals surface area contributed by atoms with Crippen LogP contribution in [0.15, 0.2) is 70.0 Å². The Morgan fingerprint density at radius 2 is 1.75 bits per heavy atom. The first-order chi connectivity index (χ1) is 22.9. The highest BCUT2D eigenvalue weighted by molar-refractivity contribution is 7.89. The Hall–Kier alpha value is -3.76. The van der Waals surface area contributed by atoms with E-state index in [0.29, 0.717) is 11.3 Å². The van der Waals surface area contributed by atoms with E-state index in [1.54, 1.807) is 7.05 Å². The van der Waals surface area contributed by atoms with Gasteiger partial charge in [0.15, 0.2) is 0 Å². The van der Waals surface area contributed by atoms with Crippen molar-refractivity contribution in [2.45, 2.75) is 81.8 Å². The van der Waals surface area contributed by atoms with Gasteiger partial charge in [-0.2, -0.15) is 9.21 Å². The number of nitrogens with one attached hydrogen (secondary N) is 2. The van der Waals surface area contributed by atoms with E-state index in [2.05, 4.69) is 20.8 Å². The van der Waals surface area contributed by atoms with Gasteiger partial charge >= 0.3 is 6.03 Å². The van der Waals surface area contributed by atoms with E-state index in [0.717, 1.165) is 29.8 Å². The fourth-order valence-corrected chi connectivity index (χ4v) is 7.57. The molecule has 1 aliphatic carbocycles. The SMILES string of the molecule is Cc1nc(CN(C)C(=O)N[C@H](C(=O)N[C@@H](Cc2ccccc2)[C@H](O)CN(CC2CCC2)S(=O)(=O)c2ccc(CN=O)cc2)[C@@H](C)O)cs1. The van der Waals surface area contributed by atoms with Gasteiger partial charge in [-0.1, -0.05) is 54.1 Å². The van der Waals surface area contributed by atoms with E-state index < -0.39 is 46.3 Å². The van der Waals surface area contributed by atoms with Gasteiger partial charge in [0, 0.05) is 25.5 Å². The molecule has 0 bridgehead atoms. The van der Waals surface area contributed by atoms with Crippen LogP contribution in [0.4, 0.5) is 4.79 Å². The van der Waals surface area contributed by atoms with Crippen molar-refractivity contribution in [3.63, 3.8) is 0 Å². The van der Waals surface area contributed by atoms with Crippen molar-refractivity contribution in [1.82, 2.24) is 24.8 Å². The van der Waals surface area contributed by atoms with Gasteiger partial charge in [0.1, 0.15) is 12.6 Å². The van der Waals surface area contributed by atoms with Gasteiger partial charge < -0.3 is 25.7 Å². The van der Waals surface area contributed by atoms with Crippen molar-refractivity contribution < 1.29 is 28.2 Å². The summed E-state index contributed by atoms with van der Waals surface area (Å²) >= 11 is 1.45. The van der Waals surface area contributed by atoms with E-state index in [1.165, 1.54) is 51.7 Å². The molecule has 15 heteroatoms. The second-order valence-corrected chi connectivity index (χ2v) is 15.3. The predicted octanol–water partition coefficient (Wildman–Crippen LogP) is 3.19. The van der Waals surface area contributed by atoms with E-state index in [4.69, 9.17) is 0 Å². The predicted molar refractivity (Wildman–Crippen MR) is 182 cm³/mol. The molecule has 1 fully saturated rings. The van der Waals surface area contributed by atoms with Gasteiger partial charge in [-0.05, 0) is 62.3 Å². The van der Waals surface area contributed by atoms with Gasteiger partial charge in [0.25, 0.3) is 0 Å². The molecule has 3 aromatic rings. The Kier molecular flexibility index (Phi) is 13.2. The third kappa shape index (κ3) is 10.1. The number of nitrogens with zero attached hydrogens (tertiary/aromatic N) is 4. The number of hydrogen-bond acceptors (Lipinski definition) is 10. The number of thiazole rings is 1. The molecule has 1 aromatic heterocycles. The van der Waals surface area contributed by atoms with E-state index in [-0.39, 0.29) is 43.4 Å². The highest BCUT2D eigenvalue weighted by Crippen LogP contribution is 2.30. The fraction of sp³-hybridized carbons (Fsp3) is 0.485. The summed E-state index contributed by atoms with van der Waals surface area (Å²) in [6.07, 6.45) is 0.231. The van der Waals surface area contributed by atoms with Crippen LogP contribution in [-0.2, 0) is 34.3 Å². The second kappa shape index (κ2) is 17.1. The monoisotopic (exact) mass is 700 g/mol. The number of aliphatic hydroxyl groups excluding tert-OH is 2. The number of aryl methyl sites for hydroxylation is 1. The Morgan fingerprint density at radius 3 is 2.31 bits per heavy atom. The second-order valence-electron chi connectivity index (χ2n) is 12.3. The third-order valence-corrected chi connectivity index (χ3v) is 11.1. The zero-order valence-electron chi connectivity index (χ0n) is 27.4. The largest absolute Gasteiger partial charge is 0.391 e. The standard InChI is InChI=1S/C33H44N6O7S2/c1-22(40)31(37-33(43)38(3)19-27-21-47-23(2)35-27)32(42)36-29(16-24-8-5-4-6-9-24)30(41)20-39(18-26-10-7-11-26)48(45,46)28-14-12-25(13-15-28)17-34-44/h4-6,8-9,12-15,21-22,26,29-31,40-41H,7,10-11,16-20H2,1-3H3,(H,36,42)(H,37,43)/t22-,29+,30-,31+/m1/s1. The van der Waals surface area contributed by atoms with Crippen molar-refractivity contribution in [2.75, 3.05) is 20.1 Å². The van der Waals surface area contributed by atoms with Crippen LogP contribution in [-0.4, -0.2) is 89.2 Å². The highest BCUT2D eigenvalue weighted by atomic mass is 32.2. The molecule has 0 saturated heterocycles. The normalized spacial score (nSPS) is 16.0. The Morgan fingerprint density at radius 1 is 1.06 bits per heavy atom. The molecule has 48 heavy (non-hydrogen) atoms. The Bertz CT molecular complexity index is 1610. The zero-order valence-corrected chi connectivity index (χ0v) is 29.0. The lowest BCUT2D eigenvalue weighted by atomic mass is 9.85. The van der Waals surface area contributed by atoms with Crippen LogP contribution in [0, 0.1) is 17.7 Å². The molecule has 1 aliphatic rings. The average molecular weight is 701 g/mol. The minimum atomic E-state index is -4.07. The molecule has 13 nitrogen and oxygen atoms in total. The maximum atomic E-state index is 13.9. The summed E-state index contributed by atoms with van der Waals surface area (Å²) in [7, 11) is -2.52. The van der Waals surface area contributed by atoms with Crippen molar-refractivity contribution >= 4 is 33.3 Å². The lowest BCUT2D eigenvalue weighted by molar-refractivity contribution is -0.127. The van der Waals surface area contributed by atoms with E-state index >= 15 is 0 Å². The number of carbonyl (C=O) groups excluding carboxylic acids is 2. The van der Waals surface area contributed by atoms with E-state index in [9.17, 15) is 33.1 Å². The first-order valence-electron chi connectivity index (χ1n) is 15.9. The molecule has 0 aliphatic heterocycles. The summed E-state index contributed by atoms with van der Waals surface area (Å²) < 4.78 is 29.0. The molecular formula is C33H44N6O7S2. The molecule has 1 saturated carbocycles. The molecule has 0 spiro atoms. The lowest BCUT2D eigenvalue weighted by Crippen LogP contribution is -2.59. The van der Waals surface area contributed by atoms with Crippen LogP contribution in [0.5, 0.6) is 0 Å². The van der Waals surface area contributed by atoms with Gasteiger partial charge in [-0.15, -0.1) is 11.3 Å². The topological polar surface area (TPSA) is 182 Å². The molecule has 1 heterocycles. The number of carbonyl (C=O) groups is 2. The van der Waals surface area contributed by atoms with Crippen LogP contribution in [0.3, 0.4) is 0 Å². The van der Waals surface area contributed by atoms with Crippen molar-refractivity contribution in [3.05, 3.63) is 86.7 Å². The lowest BCUT2D eigenvalue weighted by Gasteiger charge is -2.35. The van der Waals surface area contributed by atoms with Gasteiger partial charge in [0.05, 0.1) is 40.4 Å². The average Bonchev–Trinajstić information content (AvgIpc) is 3.44. The molecular weight excluding hydrogens is 657 g/mol. The first-order valence-corrected chi connectivity index (χ1v) is 18.2. The number of hydrogen-bond donors (Lipinski definition) is 4. The molecule has 4 rings (SSSR count). The van der Waals surface area contributed by atoms with Gasteiger partial charge in [-0.3, -0.25) is 4.79 Å². The smallest absolute Gasteiger partial charge is 0.318 e. The van der Waals surface area contributed by atoms with Crippen molar-refractivity contribution in [1.29, 1.82) is 0 Å². The molecule has 3 amide bonds. The summed E-state index contributed by atoms with van der Waals surface area (Å²) in [6.45, 7) is 3.23. The number of amides is 3. The minimum absolute atomic E-state index is 0.0149. The van der Waals surface area contributed by atoms with Crippen LogP contribution < -0.4 is 10.6 Å². The maximum Gasteiger partial charge on any atom is 0.318 e. The van der Waals surface area contributed by atoms with Crippen molar-refractivity contribution in [2.24, 2.45) is 11.1 Å². The first kappa shape index (κ1) is 37.1. The number of sulfonamides is 1. The number of rotatable bonds is 17. The molecule has 0 radical (unpaired) electrons. The number of aromatic nitrogens is 1. The maximum absolute atomic E-state index is 13.9. The molecule has 0 unspecified atom stereocenters. The number of benzene rings is 2. The molecule has 2 aromatic carbocycles.